The molecule has 10 aromatic rings. The summed E-state index contributed by atoms with van der Waals surface area (Å²) in [7, 11) is 0. The number of pyridine rings is 3. The first-order chi connectivity index (χ1) is 23.2. The zero-order valence-corrected chi connectivity index (χ0v) is 25.7. The third-order valence-corrected chi connectivity index (χ3v) is 9.65. The molecule has 7 aromatic carbocycles. The Bertz CT molecular complexity index is 2830. The SMILES string of the molecule is Cc1ccc2ccc3ccc(-c4cc(-c5c6ccc7ccccc7c6nc6c5ccc5ccccc56)c5ccccc5c4)nc3c2n1. The fourth-order valence-electron chi connectivity index (χ4n) is 7.39. The third kappa shape index (κ3) is 3.96. The topological polar surface area (TPSA) is 38.7 Å². The quantitative estimate of drug-likeness (QED) is 0.147. The first-order valence-corrected chi connectivity index (χ1v) is 16.0. The van der Waals surface area contributed by atoms with E-state index in [1.54, 1.807) is 0 Å². The monoisotopic (exact) mass is 597 g/mol. The van der Waals surface area contributed by atoms with E-state index in [1.807, 2.05) is 6.92 Å². The highest BCUT2D eigenvalue weighted by Gasteiger charge is 2.19. The van der Waals surface area contributed by atoms with Crippen LogP contribution in [0, 0.1) is 6.92 Å². The van der Waals surface area contributed by atoms with Gasteiger partial charge in [0.2, 0.25) is 0 Å². The van der Waals surface area contributed by atoms with Crippen molar-refractivity contribution in [3.8, 4) is 22.4 Å². The Morgan fingerprint density at radius 1 is 0.362 bits per heavy atom. The van der Waals surface area contributed by atoms with Crippen molar-refractivity contribution < 1.29 is 0 Å². The Hall–Kier alpha value is -6.19. The number of aryl methyl sites for hydroxylation is 1. The molecule has 0 bridgehead atoms. The molecule has 0 amide bonds. The van der Waals surface area contributed by atoms with Crippen molar-refractivity contribution in [2.24, 2.45) is 0 Å². The number of benzene rings is 7. The van der Waals surface area contributed by atoms with Crippen LogP contribution in [0.1, 0.15) is 5.69 Å². The normalized spacial score (nSPS) is 11.9. The van der Waals surface area contributed by atoms with Crippen molar-refractivity contribution in [1.29, 1.82) is 0 Å². The largest absolute Gasteiger partial charge is 0.251 e. The molecule has 10 rings (SSSR count). The molecule has 0 saturated carbocycles. The summed E-state index contributed by atoms with van der Waals surface area (Å²) in [6, 6.07) is 52.2. The highest BCUT2D eigenvalue weighted by molar-refractivity contribution is 6.23. The Kier molecular flexibility index (Phi) is 5.49. The molecule has 3 heterocycles. The van der Waals surface area contributed by atoms with Gasteiger partial charge in [-0.3, -0.25) is 4.98 Å². The van der Waals surface area contributed by atoms with Gasteiger partial charge in [-0.25, -0.2) is 9.97 Å². The highest BCUT2D eigenvalue weighted by atomic mass is 14.8. The second kappa shape index (κ2) is 9.90. The summed E-state index contributed by atoms with van der Waals surface area (Å²) in [4.78, 5) is 15.6. The molecule has 3 nitrogen and oxygen atoms in total. The summed E-state index contributed by atoms with van der Waals surface area (Å²) in [5, 5.41) is 11.5. The fourth-order valence-corrected chi connectivity index (χ4v) is 7.39. The van der Waals surface area contributed by atoms with E-state index < -0.39 is 0 Å². The molecule has 0 spiro atoms. The zero-order chi connectivity index (χ0) is 31.1. The van der Waals surface area contributed by atoms with Gasteiger partial charge >= 0.3 is 0 Å². The molecule has 0 atom stereocenters. The van der Waals surface area contributed by atoms with E-state index in [1.165, 1.54) is 32.7 Å². The molecule has 0 N–H and O–H groups in total. The van der Waals surface area contributed by atoms with Crippen LogP contribution in [-0.4, -0.2) is 15.0 Å². The van der Waals surface area contributed by atoms with Crippen molar-refractivity contribution in [3.63, 3.8) is 0 Å². The maximum atomic E-state index is 5.43. The van der Waals surface area contributed by atoms with E-state index in [0.29, 0.717) is 0 Å². The van der Waals surface area contributed by atoms with Crippen LogP contribution >= 0.6 is 0 Å². The second-order valence-electron chi connectivity index (χ2n) is 12.5. The van der Waals surface area contributed by atoms with Crippen LogP contribution in [0.2, 0.25) is 0 Å². The molecule has 0 fully saturated rings. The average Bonchev–Trinajstić information content (AvgIpc) is 3.13. The van der Waals surface area contributed by atoms with Gasteiger partial charge in [-0.1, -0.05) is 121 Å². The maximum Gasteiger partial charge on any atom is 0.0972 e. The van der Waals surface area contributed by atoms with E-state index in [9.17, 15) is 0 Å². The summed E-state index contributed by atoms with van der Waals surface area (Å²) >= 11 is 0. The number of hydrogen-bond acceptors (Lipinski definition) is 3. The lowest BCUT2D eigenvalue weighted by molar-refractivity contribution is 1.25. The van der Waals surface area contributed by atoms with Gasteiger partial charge in [-0.05, 0) is 58.3 Å². The number of nitrogens with zero attached hydrogens (tertiary/aromatic N) is 3. The van der Waals surface area contributed by atoms with E-state index >= 15 is 0 Å². The summed E-state index contributed by atoms with van der Waals surface area (Å²) in [5.74, 6) is 0. The minimum atomic E-state index is 0.927. The molecule has 3 aromatic heterocycles. The van der Waals surface area contributed by atoms with Crippen LogP contribution in [0.5, 0.6) is 0 Å². The van der Waals surface area contributed by atoms with Crippen molar-refractivity contribution >= 4 is 75.9 Å². The Labute approximate surface area is 270 Å². The van der Waals surface area contributed by atoms with Gasteiger partial charge in [-0.2, -0.15) is 0 Å². The number of hydrogen-bond donors (Lipinski definition) is 0. The number of fused-ring (bicyclic) bond motifs is 10. The van der Waals surface area contributed by atoms with Crippen molar-refractivity contribution in [2.75, 3.05) is 0 Å². The van der Waals surface area contributed by atoms with Crippen LogP contribution < -0.4 is 0 Å². The van der Waals surface area contributed by atoms with Gasteiger partial charge in [0, 0.05) is 49.1 Å². The predicted octanol–water partition coefficient (Wildman–Crippen LogP) is 11.6. The summed E-state index contributed by atoms with van der Waals surface area (Å²) in [6.45, 7) is 2.04. The molecule has 0 unspecified atom stereocenters. The lowest BCUT2D eigenvalue weighted by Gasteiger charge is -2.17. The summed E-state index contributed by atoms with van der Waals surface area (Å²) in [6.07, 6.45) is 0. The third-order valence-electron chi connectivity index (χ3n) is 9.65. The van der Waals surface area contributed by atoms with E-state index in [0.717, 1.165) is 71.3 Å². The van der Waals surface area contributed by atoms with E-state index in [4.69, 9.17) is 15.0 Å². The van der Waals surface area contributed by atoms with Crippen LogP contribution in [0.4, 0.5) is 0 Å². The predicted molar refractivity (Wildman–Crippen MR) is 198 cm³/mol. The molecule has 218 valence electrons. The minimum absolute atomic E-state index is 0.927. The van der Waals surface area contributed by atoms with Gasteiger partial charge in [-0.15, -0.1) is 0 Å². The van der Waals surface area contributed by atoms with Gasteiger partial charge in [0.15, 0.2) is 0 Å². The molecule has 0 aliphatic rings. The lowest BCUT2D eigenvalue weighted by Crippen LogP contribution is -1.94. The highest BCUT2D eigenvalue weighted by Crippen LogP contribution is 2.43. The molecule has 47 heavy (non-hydrogen) atoms. The summed E-state index contributed by atoms with van der Waals surface area (Å²) < 4.78 is 0. The standard InChI is InChI=1S/C44H27N3/c1-26-14-15-29-16-17-30-20-23-39(46-42(30)41(29)45-26)32-24-31-10-4-5-11-33(31)38(25-32)40-36-21-18-27-8-2-6-12-34(27)43(36)47-44-35-13-7-3-9-28(35)19-22-37(40)44/h2-25H,1H3. The molecule has 0 saturated heterocycles. The van der Waals surface area contributed by atoms with Crippen molar-refractivity contribution in [3.05, 3.63) is 151 Å². The minimum Gasteiger partial charge on any atom is -0.251 e. The lowest BCUT2D eigenvalue weighted by atomic mass is 9.88. The van der Waals surface area contributed by atoms with Crippen LogP contribution in [-0.2, 0) is 0 Å². The van der Waals surface area contributed by atoms with Crippen molar-refractivity contribution in [1.82, 2.24) is 15.0 Å². The van der Waals surface area contributed by atoms with Crippen LogP contribution in [0.25, 0.3) is 98.3 Å². The maximum absolute atomic E-state index is 5.43. The summed E-state index contributed by atoms with van der Waals surface area (Å²) in [5.41, 5.74) is 9.27. The second-order valence-corrected chi connectivity index (χ2v) is 12.5. The van der Waals surface area contributed by atoms with Gasteiger partial charge < -0.3 is 0 Å². The molecule has 0 aliphatic heterocycles. The molecular weight excluding hydrogens is 571 g/mol. The number of rotatable bonds is 2. The van der Waals surface area contributed by atoms with E-state index in [-0.39, 0.29) is 0 Å². The Morgan fingerprint density at radius 3 is 1.57 bits per heavy atom. The average molecular weight is 598 g/mol. The Balaban J connectivity index is 1.34. The van der Waals surface area contributed by atoms with Gasteiger partial charge in [0.05, 0.1) is 27.8 Å². The number of aromatic nitrogens is 3. The smallest absolute Gasteiger partial charge is 0.0972 e. The van der Waals surface area contributed by atoms with Crippen LogP contribution in [0.15, 0.2) is 146 Å². The van der Waals surface area contributed by atoms with E-state index in [2.05, 4.69) is 146 Å². The molecule has 3 heteroatoms. The molecular formula is C44H27N3. The molecule has 0 radical (unpaired) electrons. The van der Waals surface area contributed by atoms with Crippen molar-refractivity contribution in [2.45, 2.75) is 6.92 Å². The van der Waals surface area contributed by atoms with Gasteiger partial charge in [0.1, 0.15) is 0 Å². The van der Waals surface area contributed by atoms with Gasteiger partial charge in [0.25, 0.3) is 0 Å². The fraction of sp³-hybridized carbons (Fsp3) is 0.0227. The van der Waals surface area contributed by atoms with Crippen LogP contribution in [0.3, 0.4) is 0 Å². The first-order valence-electron chi connectivity index (χ1n) is 16.0. The Morgan fingerprint density at radius 2 is 0.894 bits per heavy atom. The molecule has 0 aliphatic carbocycles. The zero-order valence-electron chi connectivity index (χ0n) is 25.7. The first kappa shape index (κ1) is 26.1.